The highest BCUT2D eigenvalue weighted by Gasteiger charge is 2.15. The zero-order valence-corrected chi connectivity index (χ0v) is 18.2. The Labute approximate surface area is 185 Å². The fourth-order valence-corrected chi connectivity index (χ4v) is 5.14. The van der Waals surface area contributed by atoms with Gasteiger partial charge >= 0.3 is 0 Å². The van der Waals surface area contributed by atoms with Gasteiger partial charge in [0.25, 0.3) is 0 Å². The van der Waals surface area contributed by atoms with Crippen molar-refractivity contribution in [1.29, 1.82) is 0 Å². The lowest BCUT2D eigenvalue weighted by Crippen LogP contribution is -1.83. The van der Waals surface area contributed by atoms with Crippen LogP contribution in [0, 0.1) is 6.92 Å². The second-order valence-corrected chi connectivity index (χ2v) is 9.03. The first-order valence-corrected chi connectivity index (χ1v) is 11.3. The lowest BCUT2D eigenvalue weighted by molar-refractivity contribution is 0.664. The van der Waals surface area contributed by atoms with E-state index in [4.69, 9.17) is 8.83 Å². The molecule has 0 aliphatic rings. The fraction of sp³-hybridized carbons (Fsp3) is 0.133. The average molecular weight is 415 g/mol. The standard InChI is InChI=1S/C30H22O2/c1-3-4-18-6-8-20-12-24-26-16-29-25(15-30(26)32-28(24)14-22(20)10-18)23-11-19-7-5-17(2)9-21(19)13-27(23)31-29/h5-16H,3-4H2,1-2H3. The largest absolute Gasteiger partial charge is 0.456 e. The van der Waals surface area contributed by atoms with Crippen LogP contribution in [0.15, 0.2) is 81.6 Å². The van der Waals surface area contributed by atoms with Crippen LogP contribution in [0.3, 0.4) is 0 Å². The van der Waals surface area contributed by atoms with Crippen molar-refractivity contribution >= 4 is 65.4 Å². The summed E-state index contributed by atoms with van der Waals surface area (Å²) in [5.41, 5.74) is 6.29. The van der Waals surface area contributed by atoms with Crippen molar-refractivity contribution in [3.8, 4) is 0 Å². The lowest BCUT2D eigenvalue weighted by atomic mass is 10.0. The van der Waals surface area contributed by atoms with Gasteiger partial charge in [0.15, 0.2) is 0 Å². The van der Waals surface area contributed by atoms with Crippen LogP contribution >= 0.6 is 0 Å². The van der Waals surface area contributed by atoms with Crippen molar-refractivity contribution in [1.82, 2.24) is 0 Å². The Morgan fingerprint density at radius 2 is 1.06 bits per heavy atom. The van der Waals surface area contributed by atoms with Crippen LogP contribution in [0.5, 0.6) is 0 Å². The van der Waals surface area contributed by atoms with E-state index in [0.29, 0.717) is 0 Å². The van der Waals surface area contributed by atoms with Gasteiger partial charge in [0.05, 0.1) is 0 Å². The first-order valence-electron chi connectivity index (χ1n) is 11.3. The van der Waals surface area contributed by atoms with Gasteiger partial charge in [-0.2, -0.15) is 0 Å². The Hall–Kier alpha value is -3.78. The topological polar surface area (TPSA) is 26.3 Å². The van der Waals surface area contributed by atoms with E-state index in [9.17, 15) is 0 Å². The molecule has 7 aromatic rings. The highest BCUT2D eigenvalue weighted by atomic mass is 16.3. The third-order valence-corrected chi connectivity index (χ3v) is 6.74. The maximum Gasteiger partial charge on any atom is 0.136 e. The number of fused-ring (bicyclic) bond motifs is 8. The van der Waals surface area contributed by atoms with Crippen LogP contribution in [0.25, 0.3) is 65.4 Å². The molecule has 2 nitrogen and oxygen atoms in total. The third kappa shape index (κ3) is 2.53. The van der Waals surface area contributed by atoms with E-state index in [2.05, 4.69) is 86.6 Å². The van der Waals surface area contributed by atoms with Gasteiger partial charge in [0.1, 0.15) is 22.3 Å². The Balaban J connectivity index is 1.51. The van der Waals surface area contributed by atoms with E-state index in [1.165, 1.54) is 32.7 Å². The molecule has 5 aromatic carbocycles. The Morgan fingerprint density at radius 1 is 0.531 bits per heavy atom. The molecule has 0 N–H and O–H groups in total. The molecular formula is C30H22O2. The predicted molar refractivity (Wildman–Crippen MR) is 135 cm³/mol. The van der Waals surface area contributed by atoms with E-state index < -0.39 is 0 Å². The van der Waals surface area contributed by atoms with Gasteiger partial charge in [-0.3, -0.25) is 0 Å². The van der Waals surface area contributed by atoms with Crippen molar-refractivity contribution in [2.45, 2.75) is 26.7 Å². The molecular weight excluding hydrogens is 392 g/mol. The normalized spacial score (nSPS) is 12.3. The summed E-state index contributed by atoms with van der Waals surface area (Å²) in [6, 6.07) is 26.4. The molecule has 0 aliphatic heterocycles. The van der Waals surface area contributed by atoms with Crippen molar-refractivity contribution < 1.29 is 8.83 Å². The molecule has 2 heteroatoms. The summed E-state index contributed by atoms with van der Waals surface area (Å²) >= 11 is 0. The molecule has 0 spiro atoms. The maximum absolute atomic E-state index is 6.35. The summed E-state index contributed by atoms with van der Waals surface area (Å²) in [7, 11) is 0. The number of benzene rings is 5. The van der Waals surface area contributed by atoms with Crippen molar-refractivity contribution in [3.05, 3.63) is 83.9 Å². The van der Waals surface area contributed by atoms with E-state index in [0.717, 1.165) is 56.7 Å². The quantitative estimate of drug-likeness (QED) is 0.282. The molecule has 2 heterocycles. The van der Waals surface area contributed by atoms with Gasteiger partial charge in [-0.05, 0) is 76.9 Å². The molecule has 0 saturated carbocycles. The molecule has 0 amide bonds. The van der Waals surface area contributed by atoms with Gasteiger partial charge in [0, 0.05) is 21.5 Å². The Morgan fingerprint density at radius 3 is 1.69 bits per heavy atom. The number of rotatable bonds is 2. The van der Waals surface area contributed by atoms with E-state index >= 15 is 0 Å². The van der Waals surface area contributed by atoms with E-state index in [1.54, 1.807) is 0 Å². The Kier molecular flexibility index (Phi) is 3.55. The number of aryl methyl sites for hydroxylation is 2. The van der Waals surface area contributed by atoms with Crippen LogP contribution in [0.4, 0.5) is 0 Å². The minimum absolute atomic E-state index is 0.903. The lowest BCUT2D eigenvalue weighted by Gasteiger charge is -2.02. The van der Waals surface area contributed by atoms with Crippen LogP contribution < -0.4 is 0 Å². The van der Waals surface area contributed by atoms with E-state index in [-0.39, 0.29) is 0 Å². The molecule has 0 bridgehead atoms. The second-order valence-electron chi connectivity index (χ2n) is 9.03. The van der Waals surface area contributed by atoms with E-state index in [1.807, 2.05) is 0 Å². The highest BCUT2D eigenvalue weighted by molar-refractivity contribution is 6.18. The van der Waals surface area contributed by atoms with Gasteiger partial charge in [0.2, 0.25) is 0 Å². The van der Waals surface area contributed by atoms with Gasteiger partial charge < -0.3 is 8.83 Å². The fourth-order valence-electron chi connectivity index (χ4n) is 5.14. The third-order valence-electron chi connectivity index (χ3n) is 6.74. The number of hydrogen-bond acceptors (Lipinski definition) is 2. The second kappa shape index (κ2) is 6.37. The molecule has 0 aliphatic carbocycles. The summed E-state index contributed by atoms with van der Waals surface area (Å²) in [6.07, 6.45) is 2.26. The molecule has 0 unspecified atom stereocenters. The van der Waals surface area contributed by atoms with Crippen molar-refractivity contribution in [3.63, 3.8) is 0 Å². The summed E-state index contributed by atoms with van der Waals surface area (Å²) in [4.78, 5) is 0. The SMILES string of the molecule is CCCc1ccc2cc3c(cc2c1)oc1cc2c(cc13)oc1cc3cc(C)ccc3cc12. The summed E-state index contributed by atoms with van der Waals surface area (Å²) in [6.45, 7) is 4.34. The Bertz CT molecular complexity index is 1850. The highest BCUT2D eigenvalue weighted by Crippen LogP contribution is 2.39. The van der Waals surface area contributed by atoms with Crippen LogP contribution in [-0.4, -0.2) is 0 Å². The van der Waals surface area contributed by atoms with Crippen molar-refractivity contribution in [2.24, 2.45) is 0 Å². The average Bonchev–Trinajstić information content (AvgIpc) is 3.30. The van der Waals surface area contributed by atoms with Gasteiger partial charge in [-0.1, -0.05) is 55.3 Å². The summed E-state index contributed by atoms with van der Waals surface area (Å²) in [5, 5.41) is 9.39. The van der Waals surface area contributed by atoms with Crippen LogP contribution in [-0.2, 0) is 6.42 Å². The molecule has 0 fully saturated rings. The first kappa shape index (κ1) is 17.9. The zero-order chi connectivity index (χ0) is 21.4. The number of furan rings is 2. The molecule has 7 rings (SSSR count). The summed E-state index contributed by atoms with van der Waals surface area (Å²) in [5.74, 6) is 0. The van der Waals surface area contributed by atoms with Crippen LogP contribution in [0.1, 0.15) is 24.5 Å². The monoisotopic (exact) mass is 414 g/mol. The molecule has 2 aromatic heterocycles. The minimum Gasteiger partial charge on any atom is -0.456 e. The smallest absolute Gasteiger partial charge is 0.136 e. The minimum atomic E-state index is 0.903. The van der Waals surface area contributed by atoms with Crippen molar-refractivity contribution in [2.75, 3.05) is 0 Å². The molecule has 0 radical (unpaired) electrons. The first-order chi connectivity index (χ1) is 15.7. The van der Waals surface area contributed by atoms with Gasteiger partial charge in [-0.15, -0.1) is 0 Å². The predicted octanol–water partition coefficient (Wildman–Crippen LogP) is 9.05. The number of hydrogen-bond donors (Lipinski definition) is 0. The molecule has 154 valence electrons. The van der Waals surface area contributed by atoms with Gasteiger partial charge in [-0.25, -0.2) is 0 Å². The van der Waals surface area contributed by atoms with Crippen LogP contribution in [0.2, 0.25) is 0 Å². The molecule has 32 heavy (non-hydrogen) atoms. The molecule has 0 atom stereocenters. The summed E-state index contributed by atoms with van der Waals surface area (Å²) < 4.78 is 12.7. The molecule has 0 saturated heterocycles. The maximum atomic E-state index is 6.35. The zero-order valence-electron chi connectivity index (χ0n) is 18.2.